The standard InChI is InChI=1S/C14H17N3O3S2/c18-22(19,13-5-3-7-21-13)17-10-11-8-15-14(16-9-11)12-4-1-2-6-20-12/h3,5,7-9,12,17H,1-2,4,6,10H2/t12-/m1/s1. The highest BCUT2D eigenvalue weighted by Crippen LogP contribution is 2.24. The monoisotopic (exact) mass is 339 g/mol. The Bertz CT molecular complexity index is 693. The lowest BCUT2D eigenvalue weighted by Crippen LogP contribution is -2.22. The first-order valence-electron chi connectivity index (χ1n) is 7.11. The van der Waals surface area contributed by atoms with Crippen molar-refractivity contribution in [1.29, 1.82) is 0 Å². The molecule has 0 amide bonds. The third kappa shape index (κ3) is 3.70. The lowest BCUT2D eigenvalue weighted by atomic mass is 10.1. The Kier molecular flexibility index (Phi) is 4.82. The summed E-state index contributed by atoms with van der Waals surface area (Å²) in [4.78, 5) is 8.59. The molecule has 0 aliphatic carbocycles. The maximum Gasteiger partial charge on any atom is 0.250 e. The SMILES string of the molecule is O=S(=O)(NCc1cnc([C@H]2CCCCO2)nc1)c1cccs1. The zero-order chi connectivity index (χ0) is 15.4. The first kappa shape index (κ1) is 15.5. The average Bonchev–Trinajstić information content (AvgIpc) is 3.10. The van der Waals surface area contributed by atoms with Gasteiger partial charge in [0.1, 0.15) is 10.3 Å². The summed E-state index contributed by atoms with van der Waals surface area (Å²) in [6.45, 7) is 0.919. The minimum atomic E-state index is -3.46. The van der Waals surface area contributed by atoms with Gasteiger partial charge < -0.3 is 4.74 Å². The maximum absolute atomic E-state index is 12.0. The van der Waals surface area contributed by atoms with Crippen molar-refractivity contribution in [2.75, 3.05) is 6.61 Å². The van der Waals surface area contributed by atoms with Gasteiger partial charge in [-0.2, -0.15) is 0 Å². The van der Waals surface area contributed by atoms with E-state index in [1.807, 2.05) is 0 Å². The van der Waals surface area contributed by atoms with Crippen LogP contribution >= 0.6 is 11.3 Å². The summed E-state index contributed by atoms with van der Waals surface area (Å²) in [5.41, 5.74) is 0.722. The van der Waals surface area contributed by atoms with Gasteiger partial charge in [0, 0.05) is 31.1 Å². The molecule has 8 heteroatoms. The van der Waals surface area contributed by atoms with Gasteiger partial charge in [0.05, 0.1) is 0 Å². The Balaban J connectivity index is 1.61. The number of hydrogen-bond acceptors (Lipinski definition) is 6. The molecule has 3 rings (SSSR count). The van der Waals surface area contributed by atoms with Crippen LogP contribution in [0.1, 0.15) is 36.8 Å². The van der Waals surface area contributed by atoms with Crippen LogP contribution in [-0.2, 0) is 21.3 Å². The van der Waals surface area contributed by atoms with Gasteiger partial charge in [-0.05, 0) is 30.7 Å². The Morgan fingerprint density at radius 2 is 2.14 bits per heavy atom. The molecule has 0 saturated carbocycles. The van der Waals surface area contributed by atoms with Crippen molar-refractivity contribution in [2.24, 2.45) is 0 Å². The number of hydrogen-bond donors (Lipinski definition) is 1. The molecule has 1 aliphatic rings. The first-order valence-corrected chi connectivity index (χ1v) is 9.47. The number of aromatic nitrogens is 2. The second-order valence-electron chi connectivity index (χ2n) is 5.06. The van der Waals surface area contributed by atoms with E-state index in [0.717, 1.165) is 31.4 Å². The van der Waals surface area contributed by atoms with Gasteiger partial charge in [-0.15, -0.1) is 11.3 Å². The Morgan fingerprint density at radius 1 is 1.32 bits per heavy atom. The molecule has 0 radical (unpaired) electrons. The van der Waals surface area contributed by atoms with Gasteiger partial charge in [-0.25, -0.2) is 23.1 Å². The van der Waals surface area contributed by atoms with Gasteiger partial charge in [0.2, 0.25) is 10.0 Å². The van der Waals surface area contributed by atoms with Crippen molar-refractivity contribution in [2.45, 2.75) is 36.1 Å². The molecule has 118 valence electrons. The van der Waals surface area contributed by atoms with E-state index < -0.39 is 10.0 Å². The van der Waals surface area contributed by atoms with E-state index >= 15 is 0 Å². The molecule has 0 spiro atoms. The largest absolute Gasteiger partial charge is 0.370 e. The zero-order valence-corrected chi connectivity index (χ0v) is 13.6. The number of ether oxygens (including phenoxy) is 1. The second kappa shape index (κ2) is 6.82. The van der Waals surface area contributed by atoms with E-state index in [-0.39, 0.29) is 12.6 Å². The Morgan fingerprint density at radius 3 is 2.77 bits per heavy atom. The molecule has 1 fully saturated rings. The van der Waals surface area contributed by atoms with Crippen LogP contribution in [0.25, 0.3) is 0 Å². The molecule has 6 nitrogen and oxygen atoms in total. The fraction of sp³-hybridized carbons (Fsp3) is 0.429. The van der Waals surface area contributed by atoms with Crippen LogP contribution in [0.4, 0.5) is 0 Å². The predicted molar refractivity (Wildman–Crippen MR) is 82.9 cm³/mol. The quantitative estimate of drug-likeness (QED) is 0.903. The van der Waals surface area contributed by atoms with E-state index in [1.54, 1.807) is 29.9 Å². The number of thiophene rings is 1. The molecule has 0 unspecified atom stereocenters. The van der Waals surface area contributed by atoms with Crippen LogP contribution in [0.15, 0.2) is 34.1 Å². The third-order valence-corrected chi connectivity index (χ3v) is 6.22. The highest BCUT2D eigenvalue weighted by Gasteiger charge is 2.19. The van der Waals surface area contributed by atoms with Crippen LogP contribution < -0.4 is 4.72 Å². The van der Waals surface area contributed by atoms with Crippen molar-refractivity contribution >= 4 is 21.4 Å². The van der Waals surface area contributed by atoms with Crippen molar-refractivity contribution in [1.82, 2.24) is 14.7 Å². The number of rotatable bonds is 5. The van der Waals surface area contributed by atoms with Gasteiger partial charge in [-0.1, -0.05) is 6.07 Å². The minimum Gasteiger partial charge on any atom is -0.370 e. The predicted octanol–water partition coefficient (Wildman–Crippen LogP) is 2.26. The summed E-state index contributed by atoms with van der Waals surface area (Å²) in [6, 6.07) is 3.29. The number of nitrogens with zero attached hydrogens (tertiary/aromatic N) is 2. The average molecular weight is 339 g/mol. The molecule has 0 bridgehead atoms. The number of sulfonamides is 1. The smallest absolute Gasteiger partial charge is 0.250 e. The van der Waals surface area contributed by atoms with Gasteiger partial charge in [-0.3, -0.25) is 0 Å². The van der Waals surface area contributed by atoms with Gasteiger partial charge in [0.25, 0.3) is 0 Å². The van der Waals surface area contributed by atoms with E-state index in [1.165, 1.54) is 11.3 Å². The summed E-state index contributed by atoms with van der Waals surface area (Å²) in [7, 11) is -3.46. The normalized spacial score (nSPS) is 19.2. The summed E-state index contributed by atoms with van der Waals surface area (Å²) in [6.07, 6.45) is 6.40. The molecule has 2 aromatic heterocycles. The van der Waals surface area contributed by atoms with E-state index in [2.05, 4.69) is 14.7 Å². The fourth-order valence-electron chi connectivity index (χ4n) is 2.23. The third-order valence-electron chi connectivity index (χ3n) is 3.42. The van der Waals surface area contributed by atoms with Crippen LogP contribution in [0.2, 0.25) is 0 Å². The summed E-state index contributed by atoms with van der Waals surface area (Å²) < 4.78 is 32.5. The Hall–Kier alpha value is -1.35. The zero-order valence-electron chi connectivity index (χ0n) is 11.9. The fourth-order valence-corrected chi connectivity index (χ4v) is 4.29. The highest BCUT2D eigenvalue weighted by molar-refractivity contribution is 7.91. The van der Waals surface area contributed by atoms with Crippen LogP contribution in [-0.4, -0.2) is 25.0 Å². The molecule has 1 N–H and O–H groups in total. The topological polar surface area (TPSA) is 81.2 Å². The highest BCUT2D eigenvalue weighted by atomic mass is 32.2. The van der Waals surface area contributed by atoms with Crippen molar-refractivity contribution in [3.05, 3.63) is 41.3 Å². The molecular weight excluding hydrogens is 322 g/mol. The van der Waals surface area contributed by atoms with Crippen LogP contribution in [0.3, 0.4) is 0 Å². The molecule has 2 aromatic rings. The molecule has 1 saturated heterocycles. The van der Waals surface area contributed by atoms with Crippen molar-refractivity contribution in [3.63, 3.8) is 0 Å². The molecule has 1 aliphatic heterocycles. The lowest BCUT2D eigenvalue weighted by Gasteiger charge is -2.21. The Labute approximate surface area is 133 Å². The van der Waals surface area contributed by atoms with Crippen LogP contribution in [0, 0.1) is 0 Å². The second-order valence-corrected chi connectivity index (χ2v) is 8.00. The molecule has 0 aromatic carbocycles. The first-order chi connectivity index (χ1) is 10.6. The molecule has 3 heterocycles. The van der Waals surface area contributed by atoms with Gasteiger partial charge >= 0.3 is 0 Å². The summed E-state index contributed by atoms with van der Waals surface area (Å²) >= 11 is 1.19. The number of nitrogens with one attached hydrogen (secondary N) is 1. The van der Waals surface area contributed by atoms with E-state index in [9.17, 15) is 8.42 Å². The lowest BCUT2D eigenvalue weighted by molar-refractivity contribution is 0.00940. The molecule has 1 atom stereocenters. The van der Waals surface area contributed by atoms with Crippen molar-refractivity contribution in [3.8, 4) is 0 Å². The van der Waals surface area contributed by atoms with Crippen LogP contribution in [0.5, 0.6) is 0 Å². The van der Waals surface area contributed by atoms with Crippen molar-refractivity contribution < 1.29 is 13.2 Å². The minimum absolute atomic E-state index is 0.0365. The molecular formula is C14H17N3O3S2. The van der Waals surface area contributed by atoms with Gasteiger partial charge in [0.15, 0.2) is 5.82 Å². The van der Waals surface area contributed by atoms with E-state index in [0.29, 0.717) is 10.0 Å². The van der Waals surface area contributed by atoms with E-state index in [4.69, 9.17) is 4.74 Å². The maximum atomic E-state index is 12.0. The summed E-state index contributed by atoms with van der Waals surface area (Å²) in [5, 5.41) is 1.73. The summed E-state index contributed by atoms with van der Waals surface area (Å²) in [5.74, 6) is 0.671. The molecule has 22 heavy (non-hydrogen) atoms.